The number of hydrogen-bond donors (Lipinski definition) is 0. The maximum atomic E-state index is 12.6. The molecule has 1 aromatic heterocycles. The first-order valence-corrected chi connectivity index (χ1v) is 7.10. The highest BCUT2D eigenvalue weighted by atomic mass is 19.3. The number of halogens is 2. The Kier molecular flexibility index (Phi) is 4.32. The summed E-state index contributed by atoms with van der Waals surface area (Å²) in [5.41, 5.74) is 1.78. The maximum Gasteiger partial charge on any atom is 0.299 e. The van der Waals surface area contributed by atoms with E-state index in [1.54, 1.807) is 31.3 Å². The minimum Gasteiger partial charge on any atom is -0.489 e. The van der Waals surface area contributed by atoms with Gasteiger partial charge in [-0.3, -0.25) is 0 Å². The first-order chi connectivity index (χ1) is 11.1. The van der Waals surface area contributed by atoms with E-state index in [9.17, 15) is 8.78 Å². The third-order valence-corrected chi connectivity index (χ3v) is 3.34. The van der Waals surface area contributed by atoms with Crippen molar-refractivity contribution in [2.24, 2.45) is 7.05 Å². The molecule has 0 aliphatic heterocycles. The van der Waals surface area contributed by atoms with Crippen molar-refractivity contribution < 1.29 is 13.5 Å². The van der Waals surface area contributed by atoms with Gasteiger partial charge in [-0.15, -0.1) is 5.10 Å². The van der Waals surface area contributed by atoms with Crippen LogP contribution in [-0.2, 0) is 13.7 Å². The van der Waals surface area contributed by atoms with Gasteiger partial charge in [-0.05, 0) is 29.8 Å². The molecule has 0 atom stereocenters. The van der Waals surface area contributed by atoms with Gasteiger partial charge in [-0.25, -0.2) is 18.4 Å². The highest BCUT2D eigenvalue weighted by Gasteiger charge is 2.16. The molecule has 3 rings (SSSR count). The van der Waals surface area contributed by atoms with Crippen molar-refractivity contribution in [3.63, 3.8) is 0 Å². The van der Waals surface area contributed by atoms with Gasteiger partial charge in [0.25, 0.3) is 6.43 Å². The van der Waals surface area contributed by atoms with E-state index in [2.05, 4.69) is 10.1 Å². The Balaban J connectivity index is 1.72. The van der Waals surface area contributed by atoms with Crippen LogP contribution >= 0.6 is 0 Å². The quantitative estimate of drug-likeness (QED) is 0.714. The lowest BCUT2D eigenvalue weighted by Crippen LogP contribution is -1.96. The van der Waals surface area contributed by atoms with Gasteiger partial charge in [-0.1, -0.05) is 30.3 Å². The summed E-state index contributed by atoms with van der Waals surface area (Å²) in [5.74, 6) is 0.635. The van der Waals surface area contributed by atoms with Gasteiger partial charge < -0.3 is 4.74 Å². The minimum absolute atomic E-state index is 0.398. The Morgan fingerprint density at radius 2 is 1.74 bits per heavy atom. The topological polar surface area (TPSA) is 39.9 Å². The van der Waals surface area contributed by atoms with E-state index in [-0.39, 0.29) is 0 Å². The fourth-order valence-electron chi connectivity index (χ4n) is 2.19. The summed E-state index contributed by atoms with van der Waals surface area (Å²) < 4.78 is 32.3. The predicted molar refractivity (Wildman–Crippen MR) is 82.2 cm³/mol. The largest absolute Gasteiger partial charge is 0.489 e. The lowest BCUT2D eigenvalue weighted by atomic mass is 10.2. The predicted octanol–water partition coefficient (Wildman–Crippen LogP) is 4.00. The number of ether oxygens (including phenoxy) is 1. The molecule has 4 nitrogen and oxygen atoms in total. The lowest BCUT2D eigenvalue weighted by Gasteiger charge is -2.07. The molecule has 0 saturated carbocycles. The summed E-state index contributed by atoms with van der Waals surface area (Å²) in [6, 6.07) is 17.0. The summed E-state index contributed by atoms with van der Waals surface area (Å²) in [5, 5.41) is 3.71. The van der Waals surface area contributed by atoms with Crippen LogP contribution in [0.5, 0.6) is 5.75 Å². The Morgan fingerprint density at radius 1 is 1.04 bits per heavy atom. The van der Waals surface area contributed by atoms with Crippen LogP contribution in [-0.4, -0.2) is 14.8 Å². The van der Waals surface area contributed by atoms with Crippen LogP contribution < -0.4 is 4.74 Å². The number of nitrogens with zero attached hydrogens (tertiary/aromatic N) is 3. The van der Waals surface area contributed by atoms with Crippen molar-refractivity contribution in [1.82, 2.24) is 14.8 Å². The normalized spacial score (nSPS) is 11.0. The third-order valence-electron chi connectivity index (χ3n) is 3.34. The van der Waals surface area contributed by atoms with Gasteiger partial charge in [0, 0.05) is 12.6 Å². The summed E-state index contributed by atoms with van der Waals surface area (Å²) in [6.45, 7) is 0.472. The van der Waals surface area contributed by atoms with Gasteiger partial charge in [-0.2, -0.15) is 0 Å². The van der Waals surface area contributed by atoms with E-state index in [0.29, 0.717) is 23.7 Å². The van der Waals surface area contributed by atoms with Gasteiger partial charge in [0.15, 0.2) is 5.82 Å². The Hall–Kier alpha value is -2.76. The van der Waals surface area contributed by atoms with Crippen molar-refractivity contribution >= 4 is 0 Å². The molecule has 0 aliphatic carbocycles. The summed E-state index contributed by atoms with van der Waals surface area (Å²) in [7, 11) is 1.59. The highest BCUT2D eigenvalue weighted by molar-refractivity contribution is 5.56. The standard InChI is InChI=1S/C17H15F2N3O/c1-22-17(20-16(21-22)15(18)19)13-7-9-14(10-8-13)23-11-12-5-3-2-4-6-12/h2-10,15H,11H2,1H3. The average molecular weight is 315 g/mol. The Labute approximate surface area is 132 Å². The molecule has 0 amide bonds. The van der Waals surface area contributed by atoms with Gasteiger partial charge in [0.05, 0.1) is 0 Å². The zero-order valence-electron chi connectivity index (χ0n) is 12.5. The van der Waals surface area contributed by atoms with Gasteiger partial charge >= 0.3 is 0 Å². The molecule has 0 radical (unpaired) electrons. The van der Waals surface area contributed by atoms with E-state index in [4.69, 9.17) is 4.74 Å². The number of aryl methyl sites for hydroxylation is 1. The number of aromatic nitrogens is 3. The molecule has 118 valence electrons. The molecular weight excluding hydrogens is 300 g/mol. The van der Waals surface area contributed by atoms with E-state index >= 15 is 0 Å². The zero-order valence-corrected chi connectivity index (χ0v) is 12.5. The zero-order chi connectivity index (χ0) is 16.2. The maximum absolute atomic E-state index is 12.6. The van der Waals surface area contributed by atoms with E-state index < -0.39 is 12.2 Å². The summed E-state index contributed by atoms with van der Waals surface area (Å²) in [6.07, 6.45) is -2.68. The number of hydrogen-bond acceptors (Lipinski definition) is 3. The van der Waals surface area contributed by atoms with Crippen molar-refractivity contribution in [3.05, 3.63) is 66.0 Å². The Bertz CT molecular complexity index is 770. The molecular formula is C17H15F2N3O. The molecule has 1 heterocycles. The molecule has 0 aliphatic rings. The molecule has 3 aromatic rings. The number of rotatable bonds is 5. The average Bonchev–Trinajstić information content (AvgIpc) is 2.97. The molecule has 0 saturated heterocycles. The number of alkyl halides is 2. The second kappa shape index (κ2) is 6.56. The van der Waals surface area contributed by atoms with Crippen LogP contribution in [0.1, 0.15) is 17.8 Å². The monoisotopic (exact) mass is 315 g/mol. The molecule has 0 fully saturated rings. The summed E-state index contributed by atoms with van der Waals surface area (Å²) >= 11 is 0. The molecule has 0 N–H and O–H groups in total. The first kappa shape index (κ1) is 15.1. The molecule has 23 heavy (non-hydrogen) atoms. The van der Waals surface area contributed by atoms with Crippen molar-refractivity contribution in [2.75, 3.05) is 0 Å². The van der Waals surface area contributed by atoms with Gasteiger partial charge in [0.1, 0.15) is 12.4 Å². The smallest absolute Gasteiger partial charge is 0.299 e. The second-order valence-electron chi connectivity index (χ2n) is 5.02. The van der Waals surface area contributed by atoms with Crippen molar-refractivity contribution in [2.45, 2.75) is 13.0 Å². The number of benzene rings is 2. The summed E-state index contributed by atoms with van der Waals surface area (Å²) in [4.78, 5) is 3.86. The van der Waals surface area contributed by atoms with Crippen LogP contribution in [0.2, 0.25) is 0 Å². The van der Waals surface area contributed by atoms with Crippen LogP contribution in [0.4, 0.5) is 8.78 Å². The second-order valence-corrected chi connectivity index (χ2v) is 5.02. The molecule has 2 aromatic carbocycles. The minimum atomic E-state index is -2.68. The molecule has 0 bridgehead atoms. The molecule has 6 heteroatoms. The van der Waals surface area contributed by atoms with Crippen molar-refractivity contribution in [1.29, 1.82) is 0 Å². The first-order valence-electron chi connectivity index (χ1n) is 7.10. The third kappa shape index (κ3) is 3.53. The van der Waals surface area contributed by atoms with Crippen LogP contribution in [0.25, 0.3) is 11.4 Å². The van der Waals surface area contributed by atoms with Crippen LogP contribution in [0.15, 0.2) is 54.6 Å². The fraction of sp³-hybridized carbons (Fsp3) is 0.176. The van der Waals surface area contributed by atoms with Crippen LogP contribution in [0, 0.1) is 0 Å². The fourth-order valence-corrected chi connectivity index (χ4v) is 2.19. The molecule has 0 unspecified atom stereocenters. The van der Waals surface area contributed by atoms with Gasteiger partial charge in [0.2, 0.25) is 5.82 Å². The lowest BCUT2D eigenvalue weighted by molar-refractivity contribution is 0.140. The van der Waals surface area contributed by atoms with Crippen molar-refractivity contribution in [3.8, 4) is 17.1 Å². The van der Waals surface area contributed by atoms with E-state index in [1.165, 1.54) is 4.68 Å². The highest BCUT2D eigenvalue weighted by Crippen LogP contribution is 2.23. The van der Waals surface area contributed by atoms with E-state index in [0.717, 1.165) is 5.56 Å². The SMILES string of the molecule is Cn1nc(C(F)F)nc1-c1ccc(OCc2ccccc2)cc1. The molecule has 0 spiro atoms. The van der Waals surface area contributed by atoms with Crippen LogP contribution in [0.3, 0.4) is 0 Å². The Morgan fingerprint density at radius 3 is 2.35 bits per heavy atom. The van der Waals surface area contributed by atoms with E-state index in [1.807, 2.05) is 30.3 Å².